The number of carbonyl (C=O) groups is 2. The number of carbonyl (C=O) groups excluding carboxylic acids is 1. The standard InChI is InChI=1S/C11H21NO4S2/c1-5-6-17-18-7-8(9(13)14)12-10(15)16-11(2,3)4/h8H,5-7H2,1-4H3,(H,12,15)(H,13,14). The molecule has 5 nitrogen and oxygen atoms in total. The molecule has 0 aliphatic carbocycles. The normalized spacial score (nSPS) is 12.9. The molecule has 0 spiro atoms. The van der Waals surface area contributed by atoms with Gasteiger partial charge in [-0.05, 0) is 27.2 Å². The monoisotopic (exact) mass is 295 g/mol. The third-order valence-corrected chi connectivity index (χ3v) is 4.21. The highest BCUT2D eigenvalue weighted by Gasteiger charge is 2.23. The van der Waals surface area contributed by atoms with Gasteiger partial charge in [0.05, 0.1) is 0 Å². The van der Waals surface area contributed by atoms with Crippen LogP contribution in [0.1, 0.15) is 34.1 Å². The van der Waals surface area contributed by atoms with Crippen LogP contribution in [0.4, 0.5) is 4.79 Å². The average molecular weight is 295 g/mol. The number of ether oxygens (including phenoxy) is 1. The van der Waals surface area contributed by atoms with E-state index in [1.165, 1.54) is 10.8 Å². The van der Waals surface area contributed by atoms with Crippen molar-refractivity contribution in [2.75, 3.05) is 11.5 Å². The van der Waals surface area contributed by atoms with Crippen LogP contribution >= 0.6 is 21.6 Å². The fourth-order valence-electron chi connectivity index (χ4n) is 0.883. The van der Waals surface area contributed by atoms with Gasteiger partial charge in [0.15, 0.2) is 0 Å². The number of carboxylic acid groups (broad SMARTS) is 1. The van der Waals surface area contributed by atoms with E-state index in [0.717, 1.165) is 12.2 Å². The van der Waals surface area contributed by atoms with Gasteiger partial charge in [-0.25, -0.2) is 9.59 Å². The summed E-state index contributed by atoms with van der Waals surface area (Å²) in [5.41, 5.74) is -0.628. The summed E-state index contributed by atoms with van der Waals surface area (Å²) in [6.45, 7) is 7.25. The van der Waals surface area contributed by atoms with Crippen LogP contribution in [0.3, 0.4) is 0 Å². The van der Waals surface area contributed by atoms with Crippen LogP contribution in [-0.2, 0) is 9.53 Å². The first-order valence-electron chi connectivity index (χ1n) is 5.73. The number of nitrogens with one attached hydrogen (secondary N) is 1. The molecule has 0 saturated carbocycles. The van der Waals surface area contributed by atoms with E-state index >= 15 is 0 Å². The average Bonchev–Trinajstić information content (AvgIpc) is 2.19. The molecule has 0 aliphatic rings. The van der Waals surface area contributed by atoms with E-state index in [4.69, 9.17) is 9.84 Å². The molecule has 0 saturated heterocycles. The number of amides is 1. The van der Waals surface area contributed by atoms with Crippen LogP contribution < -0.4 is 5.32 Å². The summed E-state index contributed by atoms with van der Waals surface area (Å²) in [6, 6.07) is -0.922. The van der Waals surface area contributed by atoms with Crippen molar-refractivity contribution in [2.45, 2.75) is 45.8 Å². The number of hydrogen-bond donors (Lipinski definition) is 2. The molecule has 0 radical (unpaired) electrons. The van der Waals surface area contributed by atoms with Crippen molar-refractivity contribution in [1.29, 1.82) is 0 Å². The van der Waals surface area contributed by atoms with Crippen LogP contribution in [0, 0.1) is 0 Å². The molecule has 7 heteroatoms. The summed E-state index contributed by atoms with van der Waals surface area (Å²) in [5, 5.41) is 11.3. The maximum absolute atomic E-state index is 11.4. The van der Waals surface area contributed by atoms with Crippen molar-refractivity contribution in [1.82, 2.24) is 5.32 Å². The maximum atomic E-state index is 11.4. The first kappa shape index (κ1) is 17.4. The van der Waals surface area contributed by atoms with Gasteiger partial charge in [-0.3, -0.25) is 0 Å². The van der Waals surface area contributed by atoms with Crippen LogP contribution in [0.5, 0.6) is 0 Å². The Labute approximate surface area is 116 Å². The van der Waals surface area contributed by atoms with E-state index in [0.29, 0.717) is 5.75 Å². The second kappa shape index (κ2) is 8.53. The van der Waals surface area contributed by atoms with Crippen molar-refractivity contribution in [2.24, 2.45) is 0 Å². The molecule has 1 atom stereocenters. The molecule has 0 rings (SSSR count). The lowest BCUT2D eigenvalue weighted by Crippen LogP contribution is -2.44. The van der Waals surface area contributed by atoms with Crippen LogP contribution in [0.15, 0.2) is 0 Å². The molecule has 2 N–H and O–H groups in total. The van der Waals surface area contributed by atoms with E-state index in [-0.39, 0.29) is 0 Å². The summed E-state index contributed by atoms with van der Waals surface area (Å²) < 4.78 is 5.02. The van der Waals surface area contributed by atoms with Gasteiger partial charge >= 0.3 is 12.1 Å². The smallest absolute Gasteiger partial charge is 0.408 e. The zero-order valence-electron chi connectivity index (χ0n) is 11.2. The first-order valence-corrected chi connectivity index (χ1v) is 8.21. The predicted octanol–water partition coefficient (Wildman–Crippen LogP) is 2.76. The van der Waals surface area contributed by atoms with Crippen molar-refractivity contribution in [3.8, 4) is 0 Å². The summed E-state index contributed by atoms with van der Waals surface area (Å²) in [5.74, 6) is 0.230. The number of carboxylic acids is 1. The third kappa shape index (κ3) is 9.47. The van der Waals surface area contributed by atoms with Gasteiger partial charge in [0.1, 0.15) is 11.6 Å². The topological polar surface area (TPSA) is 75.6 Å². The molecule has 0 heterocycles. The molecular formula is C11H21NO4S2. The molecule has 106 valence electrons. The molecule has 0 fully saturated rings. The highest BCUT2D eigenvalue weighted by molar-refractivity contribution is 8.76. The fourth-order valence-corrected chi connectivity index (χ4v) is 3.18. The minimum Gasteiger partial charge on any atom is -0.480 e. The third-order valence-electron chi connectivity index (χ3n) is 1.59. The largest absolute Gasteiger partial charge is 0.480 e. The Kier molecular flexibility index (Phi) is 8.26. The molecule has 1 amide bonds. The van der Waals surface area contributed by atoms with E-state index in [9.17, 15) is 9.59 Å². The Balaban J connectivity index is 4.11. The van der Waals surface area contributed by atoms with Crippen molar-refractivity contribution >= 4 is 33.7 Å². The molecule has 0 aromatic heterocycles. The summed E-state index contributed by atoms with van der Waals surface area (Å²) >= 11 is 0. The minimum absolute atomic E-state index is 0.319. The van der Waals surface area contributed by atoms with E-state index in [2.05, 4.69) is 12.2 Å². The van der Waals surface area contributed by atoms with Gasteiger partial charge in [-0.2, -0.15) is 0 Å². The number of rotatable bonds is 7. The number of hydrogen-bond acceptors (Lipinski definition) is 5. The van der Waals surface area contributed by atoms with Gasteiger partial charge in [-0.15, -0.1) is 0 Å². The predicted molar refractivity (Wildman–Crippen MR) is 76.0 cm³/mol. The quantitative estimate of drug-likeness (QED) is 0.555. The van der Waals surface area contributed by atoms with Crippen LogP contribution in [-0.4, -0.2) is 40.3 Å². The molecule has 18 heavy (non-hydrogen) atoms. The Morgan fingerprint density at radius 2 is 1.94 bits per heavy atom. The zero-order valence-corrected chi connectivity index (χ0v) is 12.8. The van der Waals surface area contributed by atoms with Crippen molar-refractivity contribution < 1.29 is 19.4 Å². The SMILES string of the molecule is CCCSSCC(NC(=O)OC(C)(C)C)C(=O)O. The molecule has 0 aromatic rings. The fraction of sp³-hybridized carbons (Fsp3) is 0.818. The van der Waals surface area contributed by atoms with Gasteiger partial charge < -0.3 is 15.2 Å². The van der Waals surface area contributed by atoms with E-state index in [1.54, 1.807) is 31.6 Å². The highest BCUT2D eigenvalue weighted by atomic mass is 33.1. The zero-order chi connectivity index (χ0) is 14.2. The molecule has 0 aromatic carbocycles. The Bertz CT molecular complexity index is 279. The highest BCUT2D eigenvalue weighted by Crippen LogP contribution is 2.22. The number of aliphatic carboxylic acids is 1. The second-order valence-corrected chi connectivity index (χ2v) is 7.27. The lowest BCUT2D eigenvalue weighted by molar-refractivity contribution is -0.138. The van der Waals surface area contributed by atoms with E-state index in [1.807, 2.05) is 0 Å². The first-order chi connectivity index (χ1) is 8.26. The maximum Gasteiger partial charge on any atom is 0.408 e. The summed E-state index contributed by atoms with van der Waals surface area (Å²) in [6.07, 6.45) is 0.338. The van der Waals surface area contributed by atoms with Gasteiger partial charge in [0.25, 0.3) is 0 Å². The number of alkyl carbamates (subject to hydrolysis) is 1. The van der Waals surface area contributed by atoms with Gasteiger partial charge in [0.2, 0.25) is 0 Å². The van der Waals surface area contributed by atoms with Gasteiger partial charge in [0, 0.05) is 11.5 Å². The van der Waals surface area contributed by atoms with Gasteiger partial charge in [-0.1, -0.05) is 28.5 Å². The lowest BCUT2D eigenvalue weighted by atomic mass is 10.2. The molecule has 0 aliphatic heterocycles. The molecular weight excluding hydrogens is 274 g/mol. The van der Waals surface area contributed by atoms with E-state index < -0.39 is 23.7 Å². The van der Waals surface area contributed by atoms with Crippen molar-refractivity contribution in [3.63, 3.8) is 0 Å². The van der Waals surface area contributed by atoms with Crippen LogP contribution in [0.2, 0.25) is 0 Å². The second-order valence-electron chi connectivity index (χ2n) is 4.64. The Morgan fingerprint density at radius 1 is 1.33 bits per heavy atom. The molecule has 0 bridgehead atoms. The minimum atomic E-state index is -1.05. The Hall–Kier alpha value is -0.560. The van der Waals surface area contributed by atoms with Crippen LogP contribution in [0.25, 0.3) is 0 Å². The summed E-state index contributed by atoms with van der Waals surface area (Å²) in [7, 11) is 3.04. The lowest BCUT2D eigenvalue weighted by Gasteiger charge is -2.21. The van der Waals surface area contributed by atoms with Crippen molar-refractivity contribution in [3.05, 3.63) is 0 Å². The molecule has 1 unspecified atom stereocenters. The summed E-state index contributed by atoms with van der Waals surface area (Å²) in [4.78, 5) is 22.4. The Morgan fingerprint density at radius 3 is 2.39 bits per heavy atom.